The Balaban J connectivity index is 1.21. The molecule has 1 aromatic heterocycles. The standard InChI is InChI=1S/C36H39ClN6O2/c1-25(30-12-6-10-27-8-2-4-11-31(27)30)42-36(45)33(14-7-19-38-23-29-9-3-5-13-32(29)37)43-35(44)28-17-15-26(16-18-28)22-39-24-34-40-20-21-41-34/h2-6,8-13,15-18,20-21,25,33,38-39H,7,14,19,22-24H2,1H3,(H,40,41)(H,42,45)(H,43,44)/t25?,33-/m0/s1. The number of imidazole rings is 1. The number of nitrogens with zero attached hydrogens (tertiary/aromatic N) is 1. The van der Waals surface area contributed by atoms with E-state index in [1.54, 1.807) is 24.5 Å². The van der Waals surface area contributed by atoms with Gasteiger partial charge in [0, 0.05) is 36.1 Å². The minimum absolute atomic E-state index is 0.214. The lowest BCUT2D eigenvalue weighted by Crippen LogP contribution is -2.47. The zero-order chi connectivity index (χ0) is 31.4. The van der Waals surface area contributed by atoms with E-state index in [0.29, 0.717) is 44.6 Å². The number of aromatic nitrogens is 2. The van der Waals surface area contributed by atoms with E-state index >= 15 is 0 Å². The van der Waals surface area contributed by atoms with Gasteiger partial charge in [-0.3, -0.25) is 9.59 Å². The summed E-state index contributed by atoms with van der Waals surface area (Å²) in [5.74, 6) is 0.366. The van der Waals surface area contributed by atoms with Gasteiger partial charge in [-0.2, -0.15) is 0 Å². The van der Waals surface area contributed by atoms with Crippen molar-refractivity contribution in [2.24, 2.45) is 0 Å². The van der Waals surface area contributed by atoms with Crippen LogP contribution in [0.2, 0.25) is 5.02 Å². The average Bonchev–Trinajstić information content (AvgIpc) is 3.58. The number of rotatable bonds is 15. The largest absolute Gasteiger partial charge is 0.348 e. The zero-order valence-electron chi connectivity index (χ0n) is 25.4. The van der Waals surface area contributed by atoms with Crippen LogP contribution in [0.5, 0.6) is 0 Å². The topological polar surface area (TPSA) is 111 Å². The van der Waals surface area contributed by atoms with Crippen LogP contribution in [-0.4, -0.2) is 34.4 Å². The highest BCUT2D eigenvalue weighted by atomic mass is 35.5. The first-order valence-corrected chi connectivity index (χ1v) is 15.7. The lowest BCUT2D eigenvalue weighted by molar-refractivity contribution is -0.123. The molecule has 0 aliphatic rings. The van der Waals surface area contributed by atoms with Crippen LogP contribution in [0.3, 0.4) is 0 Å². The van der Waals surface area contributed by atoms with Crippen LogP contribution in [0, 0.1) is 0 Å². The number of nitrogens with one attached hydrogen (secondary N) is 5. The van der Waals surface area contributed by atoms with Gasteiger partial charge < -0.3 is 26.3 Å². The summed E-state index contributed by atoms with van der Waals surface area (Å²) in [7, 11) is 0. The van der Waals surface area contributed by atoms with Crippen molar-refractivity contribution >= 4 is 34.2 Å². The summed E-state index contributed by atoms with van der Waals surface area (Å²) >= 11 is 6.29. The zero-order valence-corrected chi connectivity index (χ0v) is 26.1. The number of aromatic amines is 1. The van der Waals surface area contributed by atoms with Gasteiger partial charge >= 0.3 is 0 Å². The Bertz CT molecular complexity index is 1680. The van der Waals surface area contributed by atoms with Gasteiger partial charge in [-0.25, -0.2) is 4.98 Å². The predicted molar refractivity (Wildman–Crippen MR) is 180 cm³/mol. The molecule has 0 fully saturated rings. The van der Waals surface area contributed by atoms with E-state index in [0.717, 1.165) is 38.3 Å². The molecule has 8 nitrogen and oxygen atoms in total. The second-order valence-corrected chi connectivity index (χ2v) is 11.5. The van der Waals surface area contributed by atoms with Gasteiger partial charge in [0.1, 0.15) is 11.9 Å². The lowest BCUT2D eigenvalue weighted by atomic mass is 9.99. The Morgan fingerprint density at radius 3 is 2.42 bits per heavy atom. The molecule has 5 rings (SSSR count). The van der Waals surface area contributed by atoms with Crippen LogP contribution >= 0.6 is 11.6 Å². The van der Waals surface area contributed by atoms with Crippen LogP contribution in [0.15, 0.2) is 103 Å². The third-order valence-electron chi connectivity index (χ3n) is 7.78. The summed E-state index contributed by atoms with van der Waals surface area (Å²) in [5.41, 5.74) is 3.59. The molecule has 0 saturated heterocycles. The molecule has 0 bridgehead atoms. The van der Waals surface area contributed by atoms with Crippen molar-refractivity contribution in [2.45, 2.75) is 51.5 Å². The van der Waals surface area contributed by atoms with Crippen molar-refractivity contribution in [3.05, 3.63) is 136 Å². The first-order valence-electron chi connectivity index (χ1n) is 15.3. The summed E-state index contributed by atoms with van der Waals surface area (Å²) in [5, 5.41) is 15.8. The molecule has 9 heteroatoms. The van der Waals surface area contributed by atoms with Crippen LogP contribution in [0.1, 0.15) is 58.7 Å². The van der Waals surface area contributed by atoms with Crippen molar-refractivity contribution in [3.8, 4) is 0 Å². The van der Waals surface area contributed by atoms with E-state index in [4.69, 9.17) is 11.6 Å². The molecule has 4 aromatic carbocycles. The smallest absolute Gasteiger partial charge is 0.251 e. The third-order valence-corrected chi connectivity index (χ3v) is 8.15. The number of benzene rings is 4. The van der Waals surface area contributed by atoms with Gasteiger partial charge in [-0.1, -0.05) is 84.4 Å². The molecule has 5 N–H and O–H groups in total. The van der Waals surface area contributed by atoms with Crippen molar-refractivity contribution in [3.63, 3.8) is 0 Å². The first kappa shape index (κ1) is 31.9. The van der Waals surface area contributed by atoms with Crippen LogP contribution in [0.25, 0.3) is 10.8 Å². The van der Waals surface area contributed by atoms with Crippen molar-refractivity contribution in [1.29, 1.82) is 0 Å². The quantitative estimate of drug-likeness (QED) is 0.0913. The molecule has 2 atom stereocenters. The van der Waals surface area contributed by atoms with Gasteiger partial charge in [0.15, 0.2) is 0 Å². The lowest BCUT2D eigenvalue weighted by Gasteiger charge is -2.23. The highest BCUT2D eigenvalue weighted by molar-refractivity contribution is 6.31. The molecular weight excluding hydrogens is 584 g/mol. The minimum atomic E-state index is -0.702. The molecule has 0 spiro atoms. The number of carbonyl (C=O) groups excluding carboxylic acids is 2. The molecule has 2 amide bonds. The minimum Gasteiger partial charge on any atom is -0.348 e. The molecule has 0 saturated carbocycles. The van der Waals surface area contributed by atoms with E-state index in [1.165, 1.54) is 0 Å². The van der Waals surface area contributed by atoms with Crippen molar-refractivity contribution in [2.75, 3.05) is 6.54 Å². The number of halogens is 1. The second-order valence-electron chi connectivity index (χ2n) is 11.1. The Hall–Kier alpha value is -4.50. The molecular formula is C36H39ClN6O2. The molecule has 5 aromatic rings. The second kappa shape index (κ2) is 16.0. The summed E-state index contributed by atoms with van der Waals surface area (Å²) < 4.78 is 0. The number of fused-ring (bicyclic) bond motifs is 1. The normalized spacial score (nSPS) is 12.5. The molecule has 0 aliphatic heterocycles. The number of hydrogen-bond acceptors (Lipinski definition) is 5. The fraction of sp³-hybridized carbons (Fsp3) is 0.250. The number of amides is 2. The Kier molecular flexibility index (Phi) is 11.3. The highest BCUT2D eigenvalue weighted by Crippen LogP contribution is 2.24. The Labute approximate surface area is 269 Å². The van der Waals surface area contributed by atoms with E-state index in [1.807, 2.05) is 67.6 Å². The van der Waals surface area contributed by atoms with Gasteiger partial charge in [0.05, 0.1) is 12.6 Å². The maximum absolute atomic E-state index is 13.6. The SMILES string of the molecule is CC(NC(=O)[C@H](CCCNCc1ccccc1Cl)NC(=O)c1ccc(CNCc2ncc[nH]2)cc1)c1cccc2ccccc12. The third kappa shape index (κ3) is 9.01. The monoisotopic (exact) mass is 622 g/mol. The molecule has 0 radical (unpaired) electrons. The maximum atomic E-state index is 13.6. The van der Waals surface area contributed by atoms with Crippen LogP contribution in [0.4, 0.5) is 0 Å². The van der Waals surface area contributed by atoms with E-state index in [2.05, 4.69) is 49.4 Å². The van der Waals surface area contributed by atoms with Crippen LogP contribution in [-0.2, 0) is 24.4 Å². The highest BCUT2D eigenvalue weighted by Gasteiger charge is 2.23. The Morgan fingerprint density at radius 1 is 0.844 bits per heavy atom. The maximum Gasteiger partial charge on any atom is 0.251 e. The summed E-state index contributed by atoms with van der Waals surface area (Å²) in [6, 6.07) is 28.4. The van der Waals surface area contributed by atoms with Gasteiger partial charge in [0.25, 0.3) is 5.91 Å². The number of carbonyl (C=O) groups is 2. The van der Waals surface area contributed by atoms with Gasteiger partial charge in [0.2, 0.25) is 5.91 Å². The fourth-order valence-corrected chi connectivity index (χ4v) is 5.52. The average molecular weight is 623 g/mol. The van der Waals surface area contributed by atoms with E-state index in [9.17, 15) is 9.59 Å². The molecule has 1 heterocycles. The summed E-state index contributed by atoms with van der Waals surface area (Å²) in [6.45, 7) is 4.53. The number of hydrogen-bond donors (Lipinski definition) is 5. The van der Waals surface area contributed by atoms with Crippen LogP contribution < -0.4 is 21.3 Å². The molecule has 45 heavy (non-hydrogen) atoms. The summed E-state index contributed by atoms with van der Waals surface area (Å²) in [6.07, 6.45) is 4.68. The predicted octanol–water partition coefficient (Wildman–Crippen LogP) is 6.05. The summed E-state index contributed by atoms with van der Waals surface area (Å²) in [4.78, 5) is 34.3. The van der Waals surface area contributed by atoms with Gasteiger partial charge in [-0.05, 0) is 72.0 Å². The molecule has 1 unspecified atom stereocenters. The Morgan fingerprint density at radius 2 is 1.62 bits per heavy atom. The van der Waals surface area contributed by atoms with E-state index in [-0.39, 0.29) is 17.9 Å². The van der Waals surface area contributed by atoms with E-state index < -0.39 is 6.04 Å². The van der Waals surface area contributed by atoms with Crippen molar-refractivity contribution in [1.82, 2.24) is 31.2 Å². The number of H-pyrrole nitrogens is 1. The first-order chi connectivity index (χ1) is 22.0. The molecule has 0 aliphatic carbocycles. The fourth-order valence-electron chi connectivity index (χ4n) is 5.32. The molecule has 232 valence electrons. The van der Waals surface area contributed by atoms with Crippen molar-refractivity contribution < 1.29 is 9.59 Å². The van der Waals surface area contributed by atoms with Gasteiger partial charge in [-0.15, -0.1) is 0 Å².